The van der Waals surface area contributed by atoms with Crippen molar-refractivity contribution in [2.45, 2.75) is 45.1 Å². The highest BCUT2D eigenvalue weighted by Crippen LogP contribution is 2.35. The van der Waals surface area contributed by atoms with Crippen LogP contribution in [-0.4, -0.2) is 42.5 Å². The monoisotopic (exact) mass is 406 g/mol. The quantitative estimate of drug-likeness (QED) is 0.826. The highest BCUT2D eigenvalue weighted by Gasteiger charge is 2.43. The second-order valence-corrected chi connectivity index (χ2v) is 8.75. The summed E-state index contributed by atoms with van der Waals surface area (Å²) in [6, 6.07) is 16.8. The number of hydrogen-bond donors (Lipinski definition) is 1. The minimum absolute atomic E-state index is 0.00699. The maximum Gasteiger partial charge on any atom is 0.251 e. The number of nitrogens with two attached hydrogens (primary N) is 1. The van der Waals surface area contributed by atoms with Gasteiger partial charge in [-0.25, -0.2) is 0 Å². The molecule has 2 amide bonds. The molecule has 5 nitrogen and oxygen atoms in total. The summed E-state index contributed by atoms with van der Waals surface area (Å²) in [5.74, 6) is -0.317. The van der Waals surface area contributed by atoms with Gasteiger partial charge in [-0.1, -0.05) is 54.1 Å². The zero-order chi connectivity index (χ0) is 21.1. The summed E-state index contributed by atoms with van der Waals surface area (Å²) in [5.41, 5.74) is 9.78. The fourth-order valence-electron chi connectivity index (χ4n) is 4.68. The lowest BCUT2D eigenvalue weighted by atomic mass is 9.74. The van der Waals surface area contributed by atoms with Crippen molar-refractivity contribution < 1.29 is 14.3 Å². The molecule has 2 aromatic rings. The summed E-state index contributed by atoms with van der Waals surface area (Å²) < 4.78 is 5.57. The molecule has 2 atom stereocenters. The number of amides is 2. The molecule has 4 rings (SSSR count). The van der Waals surface area contributed by atoms with Gasteiger partial charge in [0.2, 0.25) is 5.91 Å². The zero-order valence-corrected chi connectivity index (χ0v) is 17.6. The van der Waals surface area contributed by atoms with Crippen LogP contribution in [0, 0.1) is 12.3 Å². The second-order valence-electron chi connectivity index (χ2n) is 8.75. The van der Waals surface area contributed by atoms with Gasteiger partial charge in [0.25, 0.3) is 5.91 Å². The lowest BCUT2D eigenvalue weighted by Gasteiger charge is -2.41. The first kappa shape index (κ1) is 20.6. The van der Waals surface area contributed by atoms with Crippen LogP contribution < -0.4 is 5.73 Å². The van der Waals surface area contributed by atoms with Crippen molar-refractivity contribution in [1.82, 2.24) is 4.90 Å². The molecule has 158 valence electrons. The van der Waals surface area contributed by atoms with Crippen molar-refractivity contribution in [2.75, 3.05) is 19.7 Å². The molecule has 2 saturated heterocycles. The van der Waals surface area contributed by atoms with Crippen LogP contribution >= 0.6 is 0 Å². The van der Waals surface area contributed by atoms with E-state index < -0.39 is 5.41 Å². The molecular formula is C25H30N2O3. The van der Waals surface area contributed by atoms with E-state index in [0.717, 1.165) is 30.4 Å². The molecule has 2 heterocycles. The van der Waals surface area contributed by atoms with Crippen molar-refractivity contribution in [3.63, 3.8) is 0 Å². The van der Waals surface area contributed by atoms with Crippen LogP contribution in [0.5, 0.6) is 0 Å². The Kier molecular flexibility index (Phi) is 5.91. The van der Waals surface area contributed by atoms with Gasteiger partial charge in [0.05, 0.1) is 5.41 Å². The maximum atomic E-state index is 12.8. The average Bonchev–Trinajstić information content (AvgIpc) is 3.29. The van der Waals surface area contributed by atoms with Gasteiger partial charge in [0.15, 0.2) is 0 Å². The van der Waals surface area contributed by atoms with Gasteiger partial charge in [-0.05, 0) is 55.7 Å². The minimum Gasteiger partial charge on any atom is -0.369 e. The van der Waals surface area contributed by atoms with Gasteiger partial charge in [0, 0.05) is 19.7 Å². The normalized spacial score (nSPS) is 24.0. The van der Waals surface area contributed by atoms with Crippen LogP contribution in [0.3, 0.4) is 0 Å². The first-order chi connectivity index (χ1) is 14.5. The van der Waals surface area contributed by atoms with Gasteiger partial charge >= 0.3 is 0 Å². The van der Waals surface area contributed by atoms with Gasteiger partial charge < -0.3 is 15.4 Å². The summed E-state index contributed by atoms with van der Waals surface area (Å²) in [4.78, 5) is 27.2. The van der Waals surface area contributed by atoms with E-state index in [4.69, 9.17) is 10.5 Å². The number of primary amides is 1. The number of aryl methyl sites for hydroxylation is 1. The van der Waals surface area contributed by atoms with Crippen LogP contribution in [0.4, 0.5) is 0 Å². The smallest absolute Gasteiger partial charge is 0.251 e. The third kappa shape index (κ3) is 4.26. The summed E-state index contributed by atoms with van der Waals surface area (Å²) in [5, 5.41) is 0. The van der Waals surface area contributed by atoms with Crippen molar-refractivity contribution in [3.8, 4) is 11.1 Å². The van der Waals surface area contributed by atoms with Crippen molar-refractivity contribution >= 4 is 11.8 Å². The van der Waals surface area contributed by atoms with Crippen LogP contribution in [0.25, 0.3) is 11.1 Å². The molecule has 0 unspecified atom stereocenters. The lowest BCUT2D eigenvalue weighted by molar-refractivity contribution is -0.147. The molecule has 0 saturated carbocycles. The standard InChI is InChI=1S/C25H30N2O3/c1-18-5-9-20(10-6-18)21-11-7-19(8-12-21)16-25(24(26)29)13-3-14-27(17-25)23(28)22-4-2-15-30-22/h5-12,22H,2-4,13-17H2,1H3,(H2,26,29)/t22-,25+/m1/s1. The van der Waals surface area contributed by atoms with Gasteiger partial charge in [0.1, 0.15) is 6.10 Å². The topological polar surface area (TPSA) is 72.6 Å². The second kappa shape index (κ2) is 8.60. The first-order valence-corrected chi connectivity index (χ1v) is 10.8. The molecule has 2 aromatic carbocycles. The highest BCUT2D eigenvalue weighted by atomic mass is 16.5. The van der Waals surface area contributed by atoms with Gasteiger partial charge in [-0.3, -0.25) is 9.59 Å². The summed E-state index contributed by atoms with van der Waals surface area (Å²) in [6.45, 7) is 3.76. The van der Waals surface area contributed by atoms with Crippen molar-refractivity contribution in [3.05, 3.63) is 59.7 Å². The zero-order valence-electron chi connectivity index (χ0n) is 17.6. The van der Waals surface area contributed by atoms with E-state index in [1.807, 2.05) is 0 Å². The first-order valence-electron chi connectivity index (χ1n) is 10.8. The van der Waals surface area contributed by atoms with Crippen molar-refractivity contribution in [2.24, 2.45) is 11.1 Å². The van der Waals surface area contributed by atoms with E-state index in [1.54, 1.807) is 4.90 Å². The number of likely N-dealkylation sites (tertiary alicyclic amines) is 1. The molecule has 0 radical (unpaired) electrons. The van der Waals surface area contributed by atoms with Crippen LogP contribution in [0.1, 0.15) is 36.8 Å². The fourth-order valence-corrected chi connectivity index (χ4v) is 4.68. The molecule has 2 aliphatic rings. The molecule has 30 heavy (non-hydrogen) atoms. The Hall–Kier alpha value is -2.66. The van der Waals surface area contributed by atoms with Crippen LogP contribution in [0.15, 0.2) is 48.5 Å². The van der Waals surface area contributed by atoms with Crippen LogP contribution in [-0.2, 0) is 20.7 Å². The maximum absolute atomic E-state index is 12.8. The number of nitrogens with zero attached hydrogens (tertiary/aromatic N) is 1. The Morgan fingerprint density at radius 2 is 1.73 bits per heavy atom. The number of carbonyl (C=O) groups is 2. The number of hydrogen-bond acceptors (Lipinski definition) is 3. The van der Waals surface area contributed by atoms with Gasteiger partial charge in [-0.15, -0.1) is 0 Å². The summed E-state index contributed by atoms with van der Waals surface area (Å²) in [6.07, 6.45) is 3.35. The number of benzene rings is 2. The number of carbonyl (C=O) groups excluding carboxylic acids is 2. The van der Waals surface area contributed by atoms with E-state index in [0.29, 0.717) is 32.5 Å². The summed E-state index contributed by atoms with van der Waals surface area (Å²) in [7, 11) is 0. The van der Waals surface area contributed by atoms with Crippen LogP contribution in [0.2, 0.25) is 0 Å². The van der Waals surface area contributed by atoms with Gasteiger partial charge in [-0.2, -0.15) is 0 Å². The molecule has 5 heteroatoms. The Bertz CT molecular complexity index is 901. The number of ether oxygens (including phenoxy) is 1. The molecule has 0 aromatic heterocycles. The minimum atomic E-state index is -0.724. The number of piperidine rings is 1. The Labute approximate surface area is 178 Å². The predicted octanol–water partition coefficient (Wildman–Crippen LogP) is 3.48. The van der Waals surface area contributed by atoms with E-state index in [9.17, 15) is 9.59 Å². The van der Waals surface area contributed by atoms with E-state index in [2.05, 4.69) is 55.5 Å². The highest BCUT2D eigenvalue weighted by molar-refractivity contribution is 5.85. The number of rotatable bonds is 5. The molecule has 2 N–H and O–H groups in total. The van der Waals surface area contributed by atoms with E-state index in [1.165, 1.54) is 11.1 Å². The molecule has 0 bridgehead atoms. The van der Waals surface area contributed by atoms with E-state index >= 15 is 0 Å². The molecule has 0 spiro atoms. The van der Waals surface area contributed by atoms with Crippen molar-refractivity contribution in [1.29, 1.82) is 0 Å². The predicted molar refractivity (Wildman–Crippen MR) is 117 cm³/mol. The molecular weight excluding hydrogens is 376 g/mol. The largest absolute Gasteiger partial charge is 0.369 e. The molecule has 0 aliphatic carbocycles. The van der Waals surface area contributed by atoms with E-state index in [-0.39, 0.29) is 17.9 Å². The SMILES string of the molecule is Cc1ccc(-c2ccc(C[C@@]3(C(N)=O)CCCN(C(=O)[C@H]4CCCO4)C3)cc2)cc1. The Morgan fingerprint density at radius 3 is 2.33 bits per heavy atom. The Balaban J connectivity index is 1.50. The average molecular weight is 407 g/mol. The fraction of sp³-hybridized carbons (Fsp3) is 0.440. The summed E-state index contributed by atoms with van der Waals surface area (Å²) >= 11 is 0. The molecule has 2 fully saturated rings. The Morgan fingerprint density at radius 1 is 1.07 bits per heavy atom. The molecule has 2 aliphatic heterocycles. The third-order valence-corrected chi connectivity index (χ3v) is 6.50. The third-order valence-electron chi connectivity index (χ3n) is 6.50. The lowest BCUT2D eigenvalue weighted by Crippen LogP contribution is -2.55.